The lowest BCUT2D eigenvalue weighted by Crippen LogP contribution is -2.15. The minimum Gasteiger partial charge on any atom is -0.330 e. The monoisotopic (exact) mass is 275 g/mol. The Bertz CT molecular complexity index is 392. The van der Waals surface area contributed by atoms with Gasteiger partial charge in [-0.25, -0.2) is 0 Å². The summed E-state index contributed by atoms with van der Waals surface area (Å²) in [6.45, 7) is 0.0108. The van der Waals surface area contributed by atoms with Crippen molar-refractivity contribution in [1.29, 1.82) is 0 Å². The van der Waals surface area contributed by atoms with Gasteiger partial charge in [-0.15, -0.1) is 0 Å². The molecule has 0 radical (unpaired) electrons. The summed E-state index contributed by atoms with van der Waals surface area (Å²) in [5.74, 6) is 0. The van der Waals surface area contributed by atoms with E-state index in [9.17, 15) is 26.3 Å². The summed E-state index contributed by atoms with van der Waals surface area (Å²) in [5, 5.41) is 2.95. The summed E-state index contributed by atoms with van der Waals surface area (Å²) in [7, 11) is 0. The van der Waals surface area contributed by atoms with Crippen LogP contribution in [-0.2, 0) is 18.9 Å². The van der Waals surface area contributed by atoms with Gasteiger partial charge in [-0.3, -0.25) is 4.68 Å². The molecule has 0 aromatic carbocycles. The minimum atomic E-state index is -4.89. The Morgan fingerprint density at radius 2 is 1.67 bits per heavy atom. The first-order chi connectivity index (χ1) is 8.16. The fourth-order valence-corrected chi connectivity index (χ4v) is 1.36. The maximum atomic E-state index is 12.5. The molecule has 3 nitrogen and oxygen atoms in total. The van der Waals surface area contributed by atoms with E-state index >= 15 is 0 Å². The molecule has 1 aromatic rings. The number of hydrogen-bond donors (Lipinski definition) is 1. The number of nitrogens with two attached hydrogens (primary N) is 1. The van der Waals surface area contributed by atoms with E-state index in [-0.39, 0.29) is 25.6 Å². The lowest BCUT2D eigenvalue weighted by Gasteiger charge is -2.09. The summed E-state index contributed by atoms with van der Waals surface area (Å²) in [6.07, 6.45) is -9.10. The fourth-order valence-electron chi connectivity index (χ4n) is 1.36. The number of unbranched alkanes of at least 4 members (excludes halogenated alkanes) is 1. The van der Waals surface area contributed by atoms with Gasteiger partial charge in [0.1, 0.15) is 5.69 Å². The first-order valence-corrected chi connectivity index (χ1v) is 5.08. The Morgan fingerprint density at radius 1 is 1.06 bits per heavy atom. The number of alkyl halides is 6. The van der Waals surface area contributed by atoms with Crippen molar-refractivity contribution in [3.8, 4) is 0 Å². The third-order valence-corrected chi connectivity index (χ3v) is 2.18. The lowest BCUT2D eigenvalue weighted by atomic mass is 10.3. The molecule has 0 fully saturated rings. The van der Waals surface area contributed by atoms with Crippen molar-refractivity contribution in [2.24, 2.45) is 5.73 Å². The third kappa shape index (κ3) is 3.62. The topological polar surface area (TPSA) is 43.8 Å². The molecule has 0 aliphatic carbocycles. The molecule has 18 heavy (non-hydrogen) atoms. The SMILES string of the molecule is NCCCCn1nc(C(F)(F)F)cc1C(F)(F)F. The first-order valence-electron chi connectivity index (χ1n) is 5.08. The summed E-state index contributed by atoms with van der Waals surface area (Å²) in [4.78, 5) is 0. The Hall–Kier alpha value is -1.25. The summed E-state index contributed by atoms with van der Waals surface area (Å²) < 4.78 is 74.7. The molecule has 104 valence electrons. The maximum absolute atomic E-state index is 12.5. The van der Waals surface area contributed by atoms with E-state index in [2.05, 4.69) is 5.10 Å². The first kappa shape index (κ1) is 14.8. The number of aromatic nitrogens is 2. The zero-order chi connectivity index (χ0) is 14.0. The summed E-state index contributed by atoms with van der Waals surface area (Å²) in [5.41, 5.74) is 2.22. The Kier molecular flexibility index (Phi) is 4.25. The average molecular weight is 275 g/mol. The van der Waals surface area contributed by atoms with Crippen LogP contribution in [0.4, 0.5) is 26.3 Å². The van der Waals surface area contributed by atoms with Crippen LogP contribution in [0.5, 0.6) is 0 Å². The average Bonchev–Trinajstić information content (AvgIpc) is 2.61. The second-order valence-corrected chi connectivity index (χ2v) is 3.63. The van der Waals surface area contributed by atoms with Crippen molar-refractivity contribution in [3.63, 3.8) is 0 Å². The number of aryl methyl sites for hydroxylation is 1. The molecule has 9 heteroatoms. The minimum absolute atomic E-state index is 0.0163. The van der Waals surface area contributed by atoms with E-state index in [1.165, 1.54) is 0 Å². The molecule has 0 unspecified atom stereocenters. The molecule has 0 saturated heterocycles. The van der Waals surface area contributed by atoms with Gasteiger partial charge < -0.3 is 5.73 Å². The van der Waals surface area contributed by atoms with E-state index < -0.39 is 23.7 Å². The van der Waals surface area contributed by atoms with Crippen molar-refractivity contribution in [2.75, 3.05) is 6.54 Å². The molecule has 0 aliphatic heterocycles. The van der Waals surface area contributed by atoms with Crippen LogP contribution in [0.15, 0.2) is 6.07 Å². The second-order valence-electron chi connectivity index (χ2n) is 3.63. The van der Waals surface area contributed by atoms with E-state index in [1.54, 1.807) is 0 Å². The highest BCUT2D eigenvalue weighted by atomic mass is 19.4. The van der Waals surface area contributed by atoms with Gasteiger partial charge in [0.25, 0.3) is 0 Å². The molecule has 1 heterocycles. The highest BCUT2D eigenvalue weighted by molar-refractivity contribution is 5.16. The molecule has 0 amide bonds. The van der Waals surface area contributed by atoms with E-state index in [4.69, 9.17) is 5.73 Å². The summed E-state index contributed by atoms with van der Waals surface area (Å²) in [6, 6.07) is 0.0163. The Balaban J connectivity index is 3.02. The van der Waals surface area contributed by atoms with Crippen molar-refractivity contribution < 1.29 is 26.3 Å². The maximum Gasteiger partial charge on any atom is 0.435 e. The molecule has 0 saturated carbocycles. The molecule has 1 aromatic heterocycles. The highest BCUT2D eigenvalue weighted by Gasteiger charge is 2.41. The van der Waals surface area contributed by atoms with Gasteiger partial charge in [0.2, 0.25) is 0 Å². The van der Waals surface area contributed by atoms with Gasteiger partial charge in [0.05, 0.1) is 0 Å². The molecule has 0 aliphatic rings. The van der Waals surface area contributed by atoms with Crippen molar-refractivity contribution in [3.05, 3.63) is 17.5 Å². The van der Waals surface area contributed by atoms with E-state index in [0.717, 1.165) is 0 Å². The van der Waals surface area contributed by atoms with Gasteiger partial charge in [-0.2, -0.15) is 31.4 Å². The van der Waals surface area contributed by atoms with Gasteiger partial charge in [0, 0.05) is 12.6 Å². The number of rotatable bonds is 4. The normalized spacial score (nSPS) is 13.1. The predicted molar refractivity (Wildman–Crippen MR) is 50.5 cm³/mol. The zero-order valence-corrected chi connectivity index (χ0v) is 9.15. The quantitative estimate of drug-likeness (QED) is 0.678. The zero-order valence-electron chi connectivity index (χ0n) is 9.15. The number of hydrogen-bond acceptors (Lipinski definition) is 2. The van der Waals surface area contributed by atoms with Crippen LogP contribution in [0.25, 0.3) is 0 Å². The lowest BCUT2D eigenvalue weighted by molar-refractivity contribution is -0.144. The fraction of sp³-hybridized carbons (Fsp3) is 0.667. The molecule has 0 bridgehead atoms. The number of nitrogens with zero attached hydrogens (tertiary/aromatic N) is 2. The molecular weight excluding hydrogens is 264 g/mol. The highest BCUT2D eigenvalue weighted by Crippen LogP contribution is 2.35. The molecule has 0 spiro atoms. The second kappa shape index (κ2) is 5.17. The van der Waals surface area contributed by atoms with Crippen molar-refractivity contribution in [1.82, 2.24) is 9.78 Å². The van der Waals surface area contributed by atoms with Gasteiger partial charge in [0.15, 0.2) is 5.69 Å². The van der Waals surface area contributed by atoms with Gasteiger partial charge in [-0.1, -0.05) is 0 Å². The molecule has 1 rings (SSSR count). The molecular formula is C9H11F6N3. The van der Waals surface area contributed by atoms with Gasteiger partial charge in [-0.05, 0) is 19.4 Å². The smallest absolute Gasteiger partial charge is 0.330 e. The largest absolute Gasteiger partial charge is 0.435 e. The van der Waals surface area contributed by atoms with E-state index in [0.29, 0.717) is 11.1 Å². The van der Waals surface area contributed by atoms with Crippen LogP contribution in [0.2, 0.25) is 0 Å². The van der Waals surface area contributed by atoms with Crippen LogP contribution < -0.4 is 5.73 Å². The van der Waals surface area contributed by atoms with Crippen LogP contribution in [0.3, 0.4) is 0 Å². The van der Waals surface area contributed by atoms with Gasteiger partial charge >= 0.3 is 12.4 Å². The molecule has 2 N–H and O–H groups in total. The van der Waals surface area contributed by atoms with Crippen LogP contribution in [-0.4, -0.2) is 16.3 Å². The van der Waals surface area contributed by atoms with Crippen LogP contribution >= 0.6 is 0 Å². The third-order valence-electron chi connectivity index (χ3n) is 2.18. The number of halogens is 6. The van der Waals surface area contributed by atoms with Crippen molar-refractivity contribution >= 4 is 0 Å². The standard InChI is InChI=1S/C9H11F6N3/c10-8(11,12)6-5-7(9(13,14)15)18(17-6)4-2-1-3-16/h5H,1-4,16H2. The Morgan fingerprint density at radius 3 is 2.11 bits per heavy atom. The summed E-state index contributed by atoms with van der Waals surface area (Å²) >= 11 is 0. The van der Waals surface area contributed by atoms with Crippen LogP contribution in [0, 0.1) is 0 Å². The predicted octanol–water partition coefficient (Wildman–Crippen LogP) is 2.66. The van der Waals surface area contributed by atoms with E-state index in [1.807, 2.05) is 0 Å². The van der Waals surface area contributed by atoms with Crippen molar-refractivity contribution in [2.45, 2.75) is 31.7 Å². The Labute approximate surface area is 98.6 Å². The van der Waals surface area contributed by atoms with Crippen LogP contribution in [0.1, 0.15) is 24.2 Å². The molecule has 0 atom stereocenters.